The molecule has 2 fully saturated rings. The maximum atomic E-state index is 15.3. The molecule has 0 radical (unpaired) electrons. The van der Waals surface area contributed by atoms with Crippen molar-refractivity contribution in [3.8, 4) is 17.6 Å². The van der Waals surface area contributed by atoms with Crippen LogP contribution in [0.4, 0.5) is 4.39 Å². The Labute approximate surface area is 216 Å². The molecule has 1 aromatic heterocycles. The van der Waals surface area contributed by atoms with Crippen LogP contribution in [-0.4, -0.2) is 82.0 Å². The molecule has 0 saturated carbocycles. The summed E-state index contributed by atoms with van der Waals surface area (Å²) in [7, 11) is 0. The molecule has 1 atom stereocenters. The smallest absolute Gasteiger partial charge is 0.155 e. The van der Waals surface area contributed by atoms with Gasteiger partial charge in [0.25, 0.3) is 0 Å². The van der Waals surface area contributed by atoms with Crippen molar-refractivity contribution in [3.05, 3.63) is 88.8 Å². The lowest BCUT2D eigenvalue weighted by molar-refractivity contribution is -0.00144. The molecule has 0 spiro atoms. The average molecular weight is 503 g/mol. The second kappa shape index (κ2) is 11.8. The van der Waals surface area contributed by atoms with Crippen molar-refractivity contribution in [2.75, 3.05) is 45.9 Å². The first kappa shape index (κ1) is 25.3. The van der Waals surface area contributed by atoms with Gasteiger partial charge in [-0.1, -0.05) is 30.0 Å². The maximum absolute atomic E-state index is 15.3. The number of rotatable bonds is 7. The quantitative estimate of drug-likeness (QED) is 0.481. The molecule has 1 unspecified atom stereocenters. The van der Waals surface area contributed by atoms with Crippen LogP contribution in [0.2, 0.25) is 0 Å². The van der Waals surface area contributed by atoms with E-state index in [2.05, 4.69) is 43.7 Å². The van der Waals surface area contributed by atoms with Crippen molar-refractivity contribution >= 4 is 0 Å². The van der Waals surface area contributed by atoms with Gasteiger partial charge in [0.05, 0.1) is 31.2 Å². The lowest BCUT2D eigenvalue weighted by Crippen LogP contribution is -2.52. The van der Waals surface area contributed by atoms with E-state index in [1.54, 1.807) is 6.07 Å². The summed E-state index contributed by atoms with van der Waals surface area (Å²) in [5, 5.41) is 19.8. The van der Waals surface area contributed by atoms with Crippen molar-refractivity contribution in [1.82, 2.24) is 19.8 Å². The van der Waals surface area contributed by atoms with E-state index in [4.69, 9.17) is 4.74 Å². The van der Waals surface area contributed by atoms with Crippen LogP contribution in [-0.2, 0) is 17.7 Å². The molecule has 2 aromatic carbocycles. The fourth-order valence-electron chi connectivity index (χ4n) is 4.81. The lowest BCUT2D eigenvalue weighted by Gasteiger charge is -2.38. The zero-order valence-corrected chi connectivity index (χ0v) is 20.7. The monoisotopic (exact) mass is 502 g/mol. The Hall–Kier alpha value is -3.35. The molecule has 37 heavy (non-hydrogen) atoms. The van der Waals surface area contributed by atoms with Gasteiger partial charge in [-0.25, -0.2) is 14.4 Å². The second-order valence-corrected chi connectivity index (χ2v) is 9.70. The van der Waals surface area contributed by atoms with Crippen LogP contribution in [0.25, 0.3) is 0 Å². The van der Waals surface area contributed by atoms with E-state index in [9.17, 15) is 10.2 Å². The van der Waals surface area contributed by atoms with Gasteiger partial charge in [-0.2, -0.15) is 0 Å². The zero-order chi connectivity index (χ0) is 25.6. The Morgan fingerprint density at radius 1 is 1.03 bits per heavy atom. The van der Waals surface area contributed by atoms with E-state index < -0.39 is 0 Å². The Morgan fingerprint density at radius 2 is 1.76 bits per heavy atom. The van der Waals surface area contributed by atoms with Crippen LogP contribution in [0.5, 0.6) is 5.75 Å². The molecule has 2 aliphatic heterocycles. The normalized spacial score (nSPS) is 17.6. The number of morpholine rings is 1. The average Bonchev–Trinajstić information content (AvgIpc) is 2.89. The van der Waals surface area contributed by atoms with Crippen LogP contribution in [0.1, 0.15) is 33.9 Å². The molecule has 3 heterocycles. The van der Waals surface area contributed by atoms with Crippen molar-refractivity contribution in [1.29, 1.82) is 0 Å². The van der Waals surface area contributed by atoms with E-state index >= 15 is 4.39 Å². The van der Waals surface area contributed by atoms with E-state index in [1.165, 1.54) is 24.2 Å². The Balaban J connectivity index is 1.28. The number of aliphatic hydroxyl groups is 1. The molecular formula is C29H31FN4O3. The summed E-state index contributed by atoms with van der Waals surface area (Å²) in [4.78, 5) is 12.5. The van der Waals surface area contributed by atoms with E-state index in [0.29, 0.717) is 42.9 Å². The molecule has 8 heteroatoms. The highest BCUT2D eigenvalue weighted by Crippen LogP contribution is 2.29. The van der Waals surface area contributed by atoms with Crippen LogP contribution >= 0.6 is 0 Å². The number of hydrogen-bond donors (Lipinski definition) is 2. The summed E-state index contributed by atoms with van der Waals surface area (Å²) in [5.74, 6) is 5.62. The van der Waals surface area contributed by atoms with Crippen molar-refractivity contribution in [2.24, 2.45) is 0 Å². The molecule has 2 N–H and O–H groups in total. The Bertz CT molecular complexity index is 1260. The minimum atomic E-state index is -0.343. The van der Waals surface area contributed by atoms with Crippen molar-refractivity contribution in [3.63, 3.8) is 0 Å². The summed E-state index contributed by atoms with van der Waals surface area (Å²) < 4.78 is 20.7. The molecule has 5 rings (SSSR count). The molecule has 2 aliphatic rings. The second-order valence-electron chi connectivity index (χ2n) is 9.70. The molecule has 3 aromatic rings. The van der Waals surface area contributed by atoms with Gasteiger partial charge in [0.1, 0.15) is 12.1 Å². The number of hydrogen-bond acceptors (Lipinski definition) is 7. The predicted molar refractivity (Wildman–Crippen MR) is 138 cm³/mol. The minimum absolute atomic E-state index is 0.00463. The Kier molecular flexibility index (Phi) is 8.07. The summed E-state index contributed by atoms with van der Waals surface area (Å²) >= 11 is 0. The fraction of sp³-hybridized carbons (Fsp3) is 0.379. The maximum Gasteiger partial charge on any atom is 0.155 e. The zero-order valence-electron chi connectivity index (χ0n) is 20.7. The van der Waals surface area contributed by atoms with Crippen LogP contribution < -0.4 is 0 Å². The predicted octanol–water partition coefficient (Wildman–Crippen LogP) is 2.56. The summed E-state index contributed by atoms with van der Waals surface area (Å²) in [6, 6.07) is 13.2. The van der Waals surface area contributed by atoms with Gasteiger partial charge in [-0.05, 0) is 35.4 Å². The molecule has 0 aliphatic carbocycles. The SMILES string of the molecule is Oc1cncnc1CC(CN1CC(O)C1)c1ccc(C#Cc2ccc(CN3CCOCC3)cc2)cc1F. The number of benzene rings is 2. The topological polar surface area (TPSA) is 82.0 Å². The number of likely N-dealkylation sites (tertiary alicyclic amines) is 1. The lowest BCUT2D eigenvalue weighted by atomic mass is 9.91. The highest BCUT2D eigenvalue weighted by Gasteiger charge is 2.29. The number of halogens is 1. The number of aromatic hydroxyl groups is 1. The molecule has 7 nitrogen and oxygen atoms in total. The Morgan fingerprint density at radius 3 is 2.46 bits per heavy atom. The van der Waals surface area contributed by atoms with Crippen LogP contribution in [0.3, 0.4) is 0 Å². The highest BCUT2D eigenvalue weighted by molar-refractivity contribution is 5.45. The number of nitrogens with zero attached hydrogens (tertiary/aromatic N) is 4. The van der Waals surface area contributed by atoms with Crippen LogP contribution in [0, 0.1) is 17.7 Å². The number of ether oxygens (including phenoxy) is 1. The minimum Gasteiger partial charge on any atom is -0.504 e. The van der Waals surface area contributed by atoms with Gasteiger partial charge in [0, 0.05) is 62.7 Å². The molecule has 2 saturated heterocycles. The van der Waals surface area contributed by atoms with Gasteiger partial charge < -0.3 is 14.9 Å². The number of β-amino-alcohol motifs (C(OH)–C–C–N with tert-alkyl or cyclic N) is 1. The molecule has 0 bridgehead atoms. The summed E-state index contributed by atoms with van der Waals surface area (Å²) in [5.41, 5.74) is 3.72. The summed E-state index contributed by atoms with van der Waals surface area (Å²) in [6.45, 7) is 6.03. The van der Waals surface area contributed by atoms with Crippen molar-refractivity contribution in [2.45, 2.75) is 25.0 Å². The van der Waals surface area contributed by atoms with Crippen molar-refractivity contribution < 1.29 is 19.3 Å². The van der Waals surface area contributed by atoms with E-state index in [-0.39, 0.29) is 23.6 Å². The first-order chi connectivity index (χ1) is 18.0. The molecular weight excluding hydrogens is 471 g/mol. The van der Waals surface area contributed by atoms with Gasteiger partial charge in [0.15, 0.2) is 5.75 Å². The third-order valence-electron chi connectivity index (χ3n) is 6.88. The number of aliphatic hydroxyl groups excluding tert-OH is 1. The van der Waals surface area contributed by atoms with Gasteiger partial charge in [-0.15, -0.1) is 0 Å². The largest absolute Gasteiger partial charge is 0.504 e. The van der Waals surface area contributed by atoms with E-state index in [0.717, 1.165) is 38.4 Å². The first-order valence-electron chi connectivity index (χ1n) is 12.6. The standard InChI is InChI=1S/C29H31FN4O3/c30-27-13-22(4-1-21-2-5-23(6-3-21)16-33-9-11-37-12-10-33)7-8-26(27)24(17-34-18-25(35)19-34)14-28-29(36)15-31-20-32-28/h2-3,5-8,13,15,20,24-25,35-36H,9-12,14,16-19H2. The van der Waals surface area contributed by atoms with E-state index in [1.807, 2.05) is 18.2 Å². The van der Waals surface area contributed by atoms with Crippen LogP contribution in [0.15, 0.2) is 55.0 Å². The third-order valence-corrected chi connectivity index (χ3v) is 6.88. The molecule has 192 valence electrons. The molecule has 0 amide bonds. The number of aromatic nitrogens is 2. The first-order valence-corrected chi connectivity index (χ1v) is 12.6. The highest BCUT2D eigenvalue weighted by atomic mass is 19.1. The van der Waals surface area contributed by atoms with Gasteiger partial charge in [0.2, 0.25) is 0 Å². The van der Waals surface area contributed by atoms with Gasteiger partial charge in [-0.3, -0.25) is 9.80 Å². The fourth-order valence-corrected chi connectivity index (χ4v) is 4.81. The van der Waals surface area contributed by atoms with Gasteiger partial charge >= 0.3 is 0 Å². The summed E-state index contributed by atoms with van der Waals surface area (Å²) in [6.07, 6.45) is 2.74. The third kappa shape index (κ3) is 6.70.